The summed E-state index contributed by atoms with van der Waals surface area (Å²) in [6, 6.07) is 5.46. The van der Waals surface area contributed by atoms with Crippen LogP contribution in [-0.4, -0.2) is 12.5 Å². The highest BCUT2D eigenvalue weighted by atomic mass is 127. The molecule has 0 bridgehead atoms. The number of hydrogen-bond acceptors (Lipinski definition) is 1. The van der Waals surface area contributed by atoms with Crippen LogP contribution in [0.4, 0.5) is 0 Å². The maximum absolute atomic E-state index is 12.4. The fourth-order valence-corrected chi connectivity index (χ4v) is 4.23. The zero-order valence-electron chi connectivity index (χ0n) is 12.7. The predicted octanol–water partition coefficient (Wildman–Crippen LogP) is 5.28. The Morgan fingerprint density at radius 3 is 2.67 bits per heavy atom. The minimum absolute atomic E-state index is 0.00284. The summed E-state index contributed by atoms with van der Waals surface area (Å²) in [5, 5.41) is 3.76. The van der Waals surface area contributed by atoms with E-state index in [9.17, 15) is 4.79 Å². The zero-order chi connectivity index (χ0) is 15.5. The Labute approximate surface area is 146 Å². The third-order valence-corrected chi connectivity index (χ3v) is 5.48. The highest BCUT2D eigenvalue weighted by molar-refractivity contribution is 14.1. The van der Waals surface area contributed by atoms with Crippen molar-refractivity contribution in [3.63, 3.8) is 0 Å². The Morgan fingerprint density at radius 1 is 1.38 bits per heavy atom. The second kappa shape index (κ2) is 7.32. The summed E-state index contributed by atoms with van der Waals surface area (Å²) in [5.41, 5.74) is 0.981. The molecule has 116 valence electrons. The number of carbonyl (C=O) groups excluding carboxylic acids is 1. The Kier molecular flexibility index (Phi) is 5.95. The Morgan fingerprint density at radius 2 is 2.05 bits per heavy atom. The molecule has 2 nitrogen and oxygen atoms in total. The maximum atomic E-state index is 12.4. The van der Waals surface area contributed by atoms with E-state index in [1.807, 2.05) is 12.1 Å². The minimum atomic E-state index is -0.00284. The van der Waals surface area contributed by atoms with Crippen LogP contribution in [0, 0.1) is 14.9 Å². The lowest BCUT2D eigenvalue weighted by Crippen LogP contribution is -2.37. The second-order valence-corrected chi connectivity index (χ2v) is 8.21. The quantitative estimate of drug-likeness (QED) is 0.646. The van der Waals surface area contributed by atoms with Gasteiger partial charge in [0.1, 0.15) is 0 Å². The summed E-state index contributed by atoms with van der Waals surface area (Å²) in [6.07, 6.45) is 6.24. The topological polar surface area (TPSA) is 29.1 Å². The van der Waals surface area contributed by atoms with Crippen molar-refractivity contribution in [2.24, 2.45) is 11.3 Å². The third kappa shape index (κ3) is 4.59. The van der Waals surface area contributed by atoms with Gasteiger partial charge in [-0.1, -0.05) is 38.3 Å². The first-order chi connectivity index (χ1) is 9.92. The SMILES string of the molecule is CC(C)CC1(CNC(=O)c2cc(Cl)ccc2I)CCCC1. The molecule has 1 amide bonds. The average molecular weight is 420 g/mol. The molecule has 1 aromatic carbocycles. The molecule has 0 saturated heterocycles. The van der Waals surface area contributed by atoms with E-state index in [-0.39, 0.29) is 5.91 Å². The van der Waals surface area contributed by atoms with Crippen molar-refractivity contribution in [1.29, 1.82) is 0 Å². The van der Waals surface area contributed by atoms with Crippen LogP contribution in [-0.2, 0) is 0 Å². The Hall–Kier alpha value is -0.290. The lowest BCUT2D eigenvalue weighted by molar-refractivity contribution is 0.0921. The number of nitrogens with one attached hydrogen (secondary N) is 1. The van der Waals surface area contributed by atoms with Gasteiger partial charge in [0.05, 0.1) is 5.56 Å². The molecule has 1 aliphatic rings. The molecule has 1 N–H and O–H groups in total. The summed E-state index contributed by atoms with van der Waals surface area (Å²) in [5.74, 6) is 0.670. The minimum Gasteiger partial charge on any atom is -0.351 e. The van der Waals surface area contributed by atoms with E-state index < -0.39 is 0 Å². The molecule has 1 fully saturated rings. The van der Waals surface area contributed by atoms with Gasteiger partial charge in [-0.05, 0) is 71.4 Å². The highest BCUT2D eigenvalue weighted by Crippen LogP contribution is 2.42. The molecular formula is C17H23ClINO. The summed E-state index contributed by atoms with van der Waals surface area (Å²) in [4.78, 5) is 12.4. The van der Waals surface area contributed by atoms with Crippen molar-refractivity contribution >= 4 is 40.1 Å². The van der Waals surface area contributed by atoms with E-state index in [0.29, 0.717) is 21.9 Å². The third-order valence-electron chi connectivity index (χ3n) is 4.30. The first-order valence-electron chi connectivity index (χ1n) is 7.65. The van der Waals surface area contributed by atoms with E-state index in [1.165, 1.54) is 32.1 Å². The molecule has 1 aromatic rings. The molecule has 0 atom stereocenters. The summed E-state index contributed by atoms with van der Waals surface area (Å²) >= 11 is 8.19. The molecule has 4 heteroatoms. The molecule has 1 aliphatic carbocycles. The lowest BCUT2D eigenvalue weighted by Gasteiger charge is -2.31. The second-order valence-electron chi connectivity index (χ2n) is 6.61. The van der Waals surface area contributed by atoms with Crippen molar-refractivity contribution in [2.45, 2.75) is 46.0 Å². The van der Waals surface area contributed by atoms with Crippen LogP contribution >= 0.6 is 34.2 Å². The molecule has 0 heterocycles. The summed E-state index contributed by atoms with van der Waals surface area (Å²) in [7, 11) is 0. The normalized spacial score (nSPS) is 17.2. The number of benzene rings is 1. The lowest BCUT2D eigenvalue weighted by atomic mass is 9.78. The number of halogens is 2. The van der Waals surface area contributed by atoms with Crippen LogP contribution in [0.2, 0.25) is 5.02 Å². The van der Waals surface area contributed by atoms with Gasteiger partial charge < -0.3 is 5.32 Å². The molecule has 0 aliphatic heterocycles. The monoisotopic (exact) mass is 419 g/mol. The molecule has 0 radical (unpaired) electrons. The largest absolute Gasteiger partial charge is 0.351 e. The van der Waals surface area contributed by atoms with Crippen LogP contribution in [0.3, 0.4) is 0 Å². The van der Waals surface area contributed by atoms with Crippen LogP contribution < -0.4 is 5.32 Å². The Balaban J connectivity index is 2.03. The van der Waals surface area contributed by atoms with E-state index in [4.69, 9.17) is 11.6 Å². The number of hydrogen-bond donors (Lipinski definition) is 1. The highest BCUT2D eigenvalue weighted by Gasteiger charge is 2.34. The summed E-state index contributed by atoms with van der Waals surface area (Å²) in [6.45, 7) is 5.32. The molecule has 21 heavy (non-hydrogen) atoms. The first kappa shape index (κ1) is 17.1. The van der Waals surface area contributed by atoms with Gasteiger partial charge in [-0.25, -0.2) is 0 Å². The Bertz CT molecular complexity index is 510. The molecule has 0 aromatic heterocycles. The molecule has 2 rings (SSSR count). The van der Waals surface area contributed by atoms with Crippen molar-refractivity contribution in [2.75, 3.05) is 6.54 Å². The van der Waals surface area contributed by atoms with Crippen LogP contribution in [0.5, 0.6) is 0 Å². The first-order valence-corrected chi connectivity index (χ1v) is 9.11. The van der Waals surface area contributed by atoms with Gasteiger partial charge >= 0.3 is 0 Å². The van der Waals surface area contributed by atoms with Gasteiger partial charge in [-0.15, -0.1) is 0 Å². The van der Waals surface area contributed by atoms with Crippen molar-refractivity contribution in [3.05, 3.63) is 32.4 Å². The number of amides is 1. The van der Waals surface area contributed by atoms with Gasteiger partial charge in [0.25, 0.3) is 5.91 Å². The van der Waals surface area contributed by atoms with Gasteiger partial charge in [0.15, 0.2) is 0 Å². The van der Waals surface area contributed by atoms with Gasteiger partial charge in [-0.3, -0.25) is 4.79 Å². The van der Waals surface area contributed by atoms with Gasteiger partial charge in [-0.2, -0.15) is 0 Å². The van der Waals surface area contributed by atoms with Gasteiger partial charge in [0, 0.05) is 15.1 Å². The maximum Gasteiger partial charge on any atom is 0.252 e. The number of carbonyl (C=O) groups is 1. The van der Waals surface area contributed by atoms with Gasteiger partial charge in [0.2, 0.25) is 0 Å². The van der Waals surface area contributed by atoms with E-state index in [2.05, 4.69) is 41.8 Å². The summed E-state index contributed by atoms with van der Waals surface area (Å²) < 4.78 is 0.943. The van der Waals surface area contributed by atoms with Crippen LogP contribution in [0.25, 0.3) is 0 Å². The van der Waals surface area contributed by atoms with Crippen molar-refractivity contribution < 1.29 is 4.79 Å². The van der Waals surface area contributed by atoms with Crippen molar-refractivity contribution in [1.82, 2.24) is 5.32 Å². The zero-order valence-corrected chi connectivity index (χ0v) is 15.6. The number of rotatable bonds is 5. The smallest absolute Gasteiger partial charge is 0.252 e. The van der Waals surface area contributed by atoms with E-state index in [0.717, 1.165) is 10.1 Å². The average Bonchev–Trinajstić information content (AvgIpc) is 2.87. The molecular weight excluding hydrogens is 397 g/mol. The fraction of sp³-hybridized carbons (Fsp3) is 0.588. The van der Waals surface area contributed by atoms with Crippen LogP contribution in [0.1, 0.15) is 56.3 Å². The molecule has 0 unspecified atom stereocenters. The van der Waals surface area contributed by atoms with Crippen LogP contribution in [0.15, 0.2) is 18.2 Å². The van der Waals surface area contributed by atoms with E-state index >= 15 is 0 Å². The standard InChI is InChI=1S/C17H23ClINO/c1-12(2)10-17(7-3-4-8-17)11-20-16(21)14-9-13(18)5-6-15(14)19/h5-6,9,12H,3-4,7-8,10-11H2,1-2H3,(H,20,21). The molecule has 1 saturated carbocycles. The fourth-order valence-electron chi connectivity index (χ4n) is 3.48. The molecule has 0 spiro atoms. The van der Waals surface area contributed by atoms with E-state index in [1.54, 1.807) is 6.07 Å². The predicted molar refractivity (Wildman–Crippen MR) is 96.9 cm³/mol. The van der Waals surface area contributed by atoms with Crippen molar-refractivity contribution in [3.8, 4) is 0 Å².